The molecule has 1 aromatic heterocycles. The second-order valence-electron chi connectivity index (χ2n) is 11.5. The van der Waals surface area contributed by atoms with E-state index in [1.165, 1.54) is 18.2 Å². The van der Waals surface area contributed by atoms with E-state index in [-0.39, 0.29) is 46.4 Å². The molecule has 0 spiro atoms. The molecule has 0 aliphatic carbocycles. The highest BCUT2D eigenvalue weighted by Gasteiger charge is 2.23. The first kappa shape index (κ1) is 46.2. The highest BCUT2D eigenvalue weighted by Crippen LogP contribution is 2.38. The van der Waals surface area contributed by atoms with Crippen molar-refractivity contribution in [2.75, 3.05) is 34.5 Å². The molecule has 0 radical (unpaired) electrons. The predicted molar refractivity (Wildman–Crippen MR) is 209 cm³/mol. The van der Waals surface area contributed by atoms with Gasteiger partial charge in [0.05, 0.1) is 34.3 Å². The fourth-order valence-electron chi connectivity index (χ4n) is 4.70. The lowest BCUT2D eigenvalue weighted by molar-refractivity contribution is -0.434. The van der Waals surface area contributed by atoms with Crippen molar-refractivity contribution in [2.24, 2.45) is 20.5 Å². The lowest BCUT2D eigenvalue weighted by Crippen LogP contribution is -2.12. The van der Waals surface area contributed by atoms with Crippen LogP contribution in [0.15, 0.2) is 113 Å². The van der Waals surface area contributed by atoms with Crippen molar-refractivity contribution >= 4 is 110 Å². The minimum atomic E-state index is -5.12. The maximum atomic E-state index is 14.5. The van der Waals surface area contributed by atoms with E-state index in [0.29, 0.717) is 6.07 Å². The van der Waals surface area contributed by atoms with E-state index in [1.54, 1.807) is 0 Å². The first-order chi connectivity index (χ1) is 28.5. The zero-order chi connectivity index (χ0) is 44.8. The van der Waals surface area contributed by atoms with Crippen LogP contribution in [0.3, 0.4) is 0 Å². The Hall–Kier alpha value is -5.91. The SMILES string of the molecule is Nc1cc(N)c(N=Nc2ccc(S(=O)(=O)CCOSOOO)cc2S(=O)(=O)O)cc1N=Nc1cc(Nc2nc(F)nc(Nc3ccccc3S(=O)(=O)O)n2)ccc1S(=O)(=O)O. The Kier molecular flexibility index (Phi) is 14.2. The Bertz CT molecular complexity index is 3000. The predicted octanol–water partition coefficient (Wildman–Crippen LogP) is 5.01. The molecule has 10 N–H and O–H groups in total. The fraction of sp³-hybridized carbons (Fsp3) is 0.0690. The van der Waals surface area contributed by atoms with Crippen LogP contribution in [0, 0.1) is 6.08 Å². The highest BCUT2D eigenvalue weighted by molar-refractivity contribution is 7.91. The minimum Gasteiger partial charge on any atom is -0.397 e. The Labute approximate surface area is 347 Å². The van der Waals surface area contributed by atoms with E-state index < -0.39 is 101 Å². The number of halogens is 1. The van der Waals surface area contributed by atoms with Gasteiger partial charge in [0.2, 0.25) is 11.9 Å². The lowest BCUT2D eigenvalue weighted by Gasteiger charge is -2.11. The third-order valence-electron chi connectivity index (χ3n) is 7.33. The number of nitrogens with one attached hydrogen (secondary N) is 2. The summed E-state index contributed by atoms with van der Waals surface area (Å²) < 4.78 is 150. The average Bonchev–Trinajstić information content (AvgIpc) is 3.16. The van der Waals surface area contributed by atoms with Crippen molar-refractivity contribution in [2.45, 2.75) is 19.6 Å². The number of rotatable bonds is 18. The van der Waals surface area contributed by atoms with E-state index in [0.717, 1.165) is 48.5 Å². The summed E-state index contributed by atoms with van der Waals surface area (Å²) in [4.78, 5) is 7.98. The topological polar surface area (TPSA) is 409 Å². The van der Waals surface area contributed by atoms with E-state index in [1.807, 2.05) is 0 Å². The van der Waals surface area contributed by atoms with Crippen LogP contribution in [0.5, 0.6) is 0 Å². The van der Waals surface area contributed by atoms with E-state index in [9.17, 15) is 51.7 Å². The second-order valence-corrected chi connectivity index (χ2v) is 18.2. The summed E-state index contributed by atoms with van der Waals surface area (Å²) >= 11 is 0.109. The number of nitrogen functional groups attached to an aromatic ring is 2. The fourth-order valence-corrected chi connectivity index (χ4v) is 8.11. The van der Waals surface area contributed by atoms with Crippen molar-refractivity contribution < 1.29 is 70.5 Å². The molecule has 26 nitrogen and oxygen atoms in total. The number of azo groups is 2. The largest absolute Gasteiger partial charge is 0.397 e. The minimum absolute atomic E-state index is 0.0699. The third kappa shape index (κ3) is 12.3. The van der Waals surface area contributed by atoms with Crippen LogP contribution in [-0.4, -0.2) is 79.9 Å². The molecule has 5 aromatic rings. The molecule has 0 atom stereocenters. The van der Waals surface area contributed by atoms with Gasteiger partial charge >= 0.3 is 6.08 Å². The van der Waals surface area contributed by atoms with Crippen molar-refractivity contribution in [3.8, 4) is 0 Å². The Morgan fingerprint density at radius 3 is 1.87 bits per heavy atom. The Morgan fingerprint density at radius 1 is 0.656 bits per heavy atom. The van der Waals surface area contributed by atoms with E-state index in [2.05, 4.69) is 55.4 Å². The summed E-state index contributed by atoms with van der Waals surface area (Å²) in [5, 5.41) is 31.8. The van der Waals surface area contributed by atoms with Crippen LogP contribution in [-0.2, 0) is 53.7 Å². The van der Waals surface area contributed by atoms with Gasteiger partial charge in [-0.05, 0) is 60.7 Å². The maximum Gasteiger partial charge on any atom is 0.315 e. The van der Waals surface area contributed by atoms with Gasteiger partial charge in [0.1, 0.15) is 37.4 Å². The number of hydrogen-bond donors (Lipinski definition) is 8. The van der Waals surface area contributed by atoms with Gasteiger partial charge in [-0.3, -0.25) is 17.8 Å². The van der Waals surface area contributed by atoms with E-state index >= 15 is 0 Å². The first-order valence-corrected chi connectivity index (χ1v) is 22.5. The number of nitrogens with zero attached hydrogens (tertiary/aromatic N) is 7. The monoisotopic (exact) mass is 947 g/mol. The van der Waals surface area contributed by atoms with Gasteiger partial charge in [-0.15, -0.1) is 24.8 Å². The Balaban J connectivity index is 1.43. The maximum absolute atomic E-state index is 14.5. The van der Waals surface area contributed by atoms with Crippen molar-refractivity contribution in [1.29, 1.82) is 0 Å². The molecule has 324 valence electrons. The van der Waals surface area contributed by atoms with Crippen molar-refractivity contribution in [3.63, 3.8) is 0 Å². The number of aromatic nitrogens is 3. The molecule has 32 heteroatoms. The third-order valence-corrected chi connectivity index (χ3v) is 12.1. The molecule has 0 bridgehead atoms. The summed E-state index contributed by atoms with van der Waals surface area (Å²) in [7, 11) is -19.0. The molecule has 0 unspecified atom stereocenters. The van der Waals surface area contributed by atoms with Gasteiger partial charge in [-0.25, -0.2) is 13.7 Å². The number of anilines is 6. The standard InChI is InChI=1S/C29H26FN11O15S5/c30-27-35-28(37-29(36-27)34-19-3-1-2-4-24(19)59(45,46)47)33-15-5-8-25(60(48,49)50)23(11-15)41-40-22-14-21(17(31)13-18(22)32)39-38-20-7-6-16(12-26(20)61(51,52)53)58(43,44)10-9-54-57-56-55-42/h1-8,11-14,42H,9-10,31-32H2,(H,45,46,47)(H,48,49,50)(H,51,52,53)(H2,33,34,35,36,37). The molecular weight excluding hydrogens is 922 g/mol. The quantitative estimate of drug-likeness (QED) is 0.0109. The summed E-state index contributed by atoms with van der Waals surface area (Å²) in [6.45, 7) is -0.503. The van der Waals surface area contributed by atoms with Crippen molar-refractivity contribution in [1.82, 2.24) is 15.0 Å². The van der Waals surface area contributed by atoms with E-state index in [4.69, 9.17) is 20.9 Å². The van der Waals surface area contributed by atoms with Gasteiger partial charge in [0.15, 0.2) is 22.2 Å². The molecule has 0 aliphatic heterocycles. The number of para-hydroxylation sites is 1. The average molecular weight is 948 g/mol. The summed E-state index contributed by atoms with van der Waals surface area (Å²) in [6.07, 6.45) is -1.36. The van der Waals surface area contributed by atoms with Gasteiger partial charge < -0.3 is 22.1 Å². The molecular formula is C29H26FN11O15S5. The molecule has 61 heavy (non-hydrogen) atoms. The van der Waals surface area contributed by atoms with Crippen LogP contribution >= 0.6 is 12.3 Å². The number of hydrogen-bond acceptors (Lipinski definition) is 24. The first-order valence-electron chi connectivity index (χ1n) is 15.8. The molecule has 0 fully saturated rings. The summed E-state index contributed by atoms with van der Waals surface area (Å²) in [6, 6.07) is 12.7. The number of benzene rings is 4. The van der Waals surface area contributed by atoms with Crippen LogP contribution in [0.1, 0.15) is 0 Å². The molecule has 5 rings (SSSR count). The normalized spacial score (nSPS) is 12.6. The number of nitrogens with two attached hydrogens (primary N) is 2. The van der Waals surface area contributed by atoms with Crippen LogP contribution < -0.4 is 22.1 Å². The van der Waals surface area contributed by atoms with Crippen LogP contribution in [0.4, 0.5) is 61.8 Å². The molecule has 0 saturated heterocycles. The van der Waals surface area contributed by atoms with Gasteiger partial charge in [-0.1, -0.05) is 17.2 Å². The smallest absolute Gasteiger partial charge is 0.315 e. The molecule has 1 heterocycles. The van der Waals surface area contributed by atoms with Gasteiger partial charge in [0, 0.05) is 5.69 Å². The zero-order valence-corrected chi connectivity index (χ0v) is 33.9. The molecule has 0 amide bonds. The lowest BCUT2D eigenvalue weighted by atomic mass is 10.2. The van der Waals surface area contributed by atoms with Gasteiger partial charge in [0.25, 0.3) is 30.4 Å². The summed E-state index contributed by atoms with van der Waals surface area (Å²) in [5.41, 5.74) is 9.86. The van der Waals surface area contributed by atoms with Crippen molar-refractivity contribution in [3.05, 3.63) is 78.9 Å². The van der Waals surface area contributed by atoms with Gasteiger partial charge in [-0.2, -0.15) is 44.6 Å². The van der Waals surface area contributed by atoms with Crippen LogP contribution in [0.2, 0.25) is 0 Å². The Morgan fingerprint density at radius 2 is 1.25 bits per heavy atom. The number of sulfone groups is 1. The van der Waals surface area contributed by atoms with Crippen LogP contribution in [0.25, 0.3) is 0 Å². The summed E-state index contributed by atoms with van der Waals surface area (Å²) in [5.74, 6) is -1.73. The molecule has 0 saturated carbocycles. The molecule has 0 aliphatic rings. The zero-order valence-electron chi connectivity index (χ0n) is 29.8. The molecule has 4 aromatic carbocycles. The highest BCUT2D eigenvalue weighted by atomic mass is 32.2. The second kappa shape index (κ2) is 18.8.